The fourth-order valence-corrected chi connectivity index (χ4v) is 2.55. The summed E-state index contributed by atoms with van der Waals surface area (Å²) in [5.41, 5.74) is 3.76. The normalized spacial score (nSPS) is 10.3. The van der Waals surface area contributed by atoms with Crippen molar-refractivity contribution in [2.75, 3.05) is 5.32 Å². The number of hydrogen-bond acceptors (Lipinski definition) is 5. The number of hydrogen-bond donors (Lipinski definition) is 2. The molecule has 0 radical (unpaired) electrons. The molecule has 2 aromatic carbocycles. The van der Waals surface area contributed by atoms with Gasteiger partial charge in [0.05, 0.1) is 12.4 Å². The van der Waals surface area contributed by atoms with Crippen LogP contribution in [0, 0.1) is 6.92 Å². The third kappa shape index (κ3) is 4.76. The number of anilines is 2. The summed E-state index contributed by atoms with van der Waals surface area (Å²) in [5.74, 6) is 0.201. The topological polar surface area (TPSA) is 84.0 Å². The zero-order valence-corrected chi connectivity index (χ0v) is 15.2. The van der Waals surface area contributed by atoms with Crippen LogP contribution < -0.4 is 10.6 Å². The minimum absolute atomic E-state index is 0.00888. The Kier molecular flexibility index (Phi) is 5.56. The van der Waals surface area contributed by atoms with Gasteiger partial charge in [0.1, 0.15) is 11.5 Å². The number of rotatable bonds is 6. The van der Waals surface area contributed by atoms with Crippen molar-refractivity contribution in [3.05, 3.63) is 83.3 Å². The second-order valence-electron chi connectivity index (χ2n) is 6.16. The van der Waals surface area contributed by atoms with Crippen molar-refractivity contribution in [3.8, 4) is 0 Å². The van der Waals surface area contributed by atoms with E-state index < -0.39 is 0 Å². The van der Waals surface area contributed by atoms with Crippen LogP contribution in [-0.2, 0) is 6.54 Å². The number of ketones is 1. The molecule has 6 nitrogen and oxygen atoms in total. The molecule has 1 aromatic heterocycles. The number of benzene rings is 2. The van der Waals surface area contributed by atoms with E-state index in [2.05, 4.69) is 20.6 Å². The lowest BCUT2D eigenvalue weighted by Gasteiger charge is -2.09. The average molecular weight is 360 g/mol. The van der Waals surface area contributed by atoms with Crippen LogP contribution in [-0.4, -0.2) is 21.7 Å². The highest BCUT2D eigenvalue weighted by Crippen LogP contribution is 2.16. The van der Waals surface area contributed by atoms with Crippen LogP contribution in [0.25, 0.3) is 0 Å². The first-order chi connectivity index (χ1) is 13.0. The van der Waals surface area contributed by atoms with Gasteiger partial charge in [0.25, 0.3) is 5.91 Å². The van der Waals surface area contributed by atoms with Crippen molar-refractivity contribution >= 4 is 23.2 Å². The SMILES string of the molecule is CC(=O)c1cccc(Nc2cnc(C(=O)NCc3ccccc3C)cn2)c1. The molecule has 0 saturated heterocycles. The van der Waals surface area contributed by atoms with Gasteiger partial charge in [-0.15, -0.1) is 0 Å². The molecular weight excluding hydrogens is 340 g/mol. The molecule has 136 valence electrons. The monoisotopic (exact) mass is 360 g/mol. The molecule has 1 amide bonds. The first kappa shape index (κ1) is 18.3. The summed E-state index contributed by atoms with van der Waals surface area (Å²) in [4.78, 5) is 32.1. The third-order valence-corrected chi connectivity index (χ3v) is 4.13. The number of amides is 1. The van der Waals surface area contributed by atoms with Crippen LogP contribution in [0.3, 0.4) is 0 Å². The first-order valence-corrected chi connectivity index (χ1v) is 8.56. The highest BCUT2D eigenvalue weighted by atomic mass is 16.1. The van der Waals surface area contributed by atoms with E-state index in [1.807, 2.05) is 37.3 Å². The summed E-state index contributed by atoms with van der Waals surface area (Å²) >= 11 is 0. The molecule has 0 atom stereocenters. The molecule has 27 heavy (non-hydrogen) atoms. The van der Waals surface area contributed by atoms with Gasteiger partial charge in [-0.25, -0.2) is 9.97 Å². The summed E-state index contributed by atoms with van der Waals surface area (Å²) < 4.78 is 0. The van der Waals surface area contributed by atoms with Gasteiger partial charge in [-0.05, 0) is 37.1 Å². The maximum Gasteiger partial charge on any atom is 0.271 e. The molecule has 3 aromatic rings. The summed E-state index contributed by atoms with van der Waals surface area (Å²) in [6.07, 6.45) is 2.91. The van der Waals surface area contributed by atoms with Crippen LogP contribution in [0.15, 0.2) is 60.9 Å². The number of carbonyl (C=O) groups is 2. The number of aryl methyl sites for hydroxylation is 1. The Labute approximate surface area is 157 Å². The highest BCUT2D eigenvalue weighted by Gasteiger charge is 2.09. The zero-order chi connectivity index (χ0) is 19.2. The lowest BCUT2D eigenvalue weighted by atomic mass is 10.1. The average Bonchev–Trinajstić information content (AvgIpc) is 2.68. The third-order valence-electron chi connectivity index (χ3n) is 4.13. The minimum atomic E-state index is -0.282. The van der Waals surface area contributed by atoms with Gasteiger partial charge < -0.3 is 10.6 Å². The zero-order valence-electron chi connectivity index (χ0n) is 15.2. The molecule has 0 aliphatic heterocycles. The Balaban J connectivity index is 1.63. The number of nitrogens with zero attached hydrogens (tertiary/aromatic N) is 2. The van der Waals surface area contributed by atoms with Gasteiger partial charge in [0.15, 0.2) is 5.78 Å². The molecule has 2 N–H and O–H groups in total. The number of Topliss-reactive ketones (excluding diaryl/α,β-unsaturated/α-hetero) is 1. The van der Waals surface area contributed by atoms with Gasteiger partial charge in [0, 0.05) is 17.8 Å². The number of carbonyl (C=O) groups excluding carboxylic acids is 2. The van der Waals surface area contributed by atoms with Gasteiger partial charge >= 0.3 is 0 Å². The van der Waals surface area contributed by atoms with Crippen LogP contribution >= 0.6 is 0 Å². The van der Waals surface area contributed by atoms with Crippen LogP contribution in [0.1, 0.15) is 38.9 Å². The quantitative estimate of drug-likeness (QED) is 0.656. The minimum Gasteiger partial charge on any atom is -0.347 e. The Hall–Kier alpha value is -3.54. The fraction of sp³-hybridized carbons (Fsp3) is 0.143. The molecule has 0 saturated carbocycles. The Morgan fingerprint density at radius 3 is 2.52 bits per heavy atom. The highest BCUT2D eigenvalue weighted by molar-refractivity contribution is 5.95. The predicted molar refractivity (Wildman–Crippen MR) is 104 cm³/mol. The summed E-state index contributed by atoms with van der Waals surface area (Å²) in [7, 11) is 0. The molecular formula is C21H20N4O2. The van der Waals surface area contributed by atoms with E-state index in [1.165, 1.54) is 19.3 Å². The van der Waals surface area contributed by atoms with Crippen molar-refractivity contribution in [3.63, 3.8) is 0 Å². The maximum atomic E-state index is 12.2. The van der Waals surface area contributed by atoms with Crippen LogP contribution in [0.5, 0.6) is 0 Å². The van der Waals surface area contributed by atoms with Gasteiger partial charge in [-0.2, -0.15) is 0 Å². The molecule has 0 unspecified atom stereocenters. The lowest BCUT2D eigenvalue weighted by molar-refractivity contribution is 0.0944. The van der Waals surface area contributed by atoms with Crippen LogP contribution in [0.2, 0.25) is 0 Å². The maximum absolute atomic E-state index is 12.2. The van der Waals surface area contributed by atoms with E-state index in [9.17, 15) is 9.59 Å². The Morgan fingerprint density at radius 2 is 1.81 bits per heavy atom. The fourth-order valence-electron chi connectivity index (χ4n) is 2.55. The molecule has 0 aliphatic rings. The predicted octanol–water partition coefficient (Wildman–Crippen LogP) is 3.66. The second-order valence-corrected chi connectivity index (χ2v) is 6.16. The van der Waals surface area contributed by atoms with Gasteiger partial charge in [-0.3, -0.25) is 9.59 Å². The van der Waals surface area contributed by atoms with E-state index in [1.54, 1.807) is 18.2 Å². The number of aromatic nitrogens is 2. The van der Waals surface area contributed by atoms with Gasteiger partial charge in [-0.1, -0.05) is 36.4 Å². The van der Waals surface area contributed by atoms with Gasteiger partial charge in [0.2, 0.25) is 0 Å². The second kappa shape index (κ2) is 8.23. The van der Waals surface area contributed by atoms with E-state index >= 15 is 0 Å². The Morgan fingerprint density at radius 1 is 1.00 bits per heavy atom. The van der Waals surface area contributed by atoms with E-state index in [0.29, 0.717) is 17.9 Å². The molecule has 0 fully saturated rings. The first-order valence-electron chi connectivity index (χ1n) is 8.56. The molecule has 3 rings (SSSR count). The number of nitrogens with one attached hydrogen (secondary N) is 2. The lowest BCUT2D eigenvalue weighted by Crippen LogP contribution is -2.24. The summed E-state index contributed by atoms with van der Waals surface area (Å²) in [6, 6.07) is 15.0. The Bertz CT molecular complexity index is 968. The van der Waals surface area contributed by atoms with E-state index in [-0.39, 0.29) is 17.4 Å². The van der Waals surface area contributed by atoms with E-state index in [4.69, 9.17) is 0 Å². The summed E-state index contributed by atoms with van der Waals surface area (Å²) in [5, 5.41) is 5.92. The van der Waals surface area contributed by atoms with Crippen molar-refractivity contribution in [2.45, 2.75) is 20.4 Å². The van der Waals surface area contributed by atoms with Crippen molar-refractivity contribution in [1.82, 2.24) is 15.3 Å². The standard InChI is InChI=1S/C21H20N4O2/c1-14-6-3-4-7-17(14)11-24-21(27)19-12-23-20(13-22-19)25-18-9-5-8-16(10-18)15(2)26/h3-10,12-13H,11H2,1-2H3,(H,23,25)(H,24,27). The molecule has 1 heterocycles. The molecule has 6 heteroatoms. The van der Waals surface area contributed by atoms with Crippen molar-refractivity contribution in [1.29, 1.82) is 0 Å². The smallest absolute Gasteiger partial charge is 0.271 e. The van der Waals surface area contributed by atoms with Crippen molar-refractivity contribution < 1.29 is 9.59 Å². The largest absolute Gasteiger partial charge is 0.347 e. The summed E-state index contributed by atoms with van der Waals surface area (Å²) in [6.45, 7) is 3.96. The molecule has 0 spiro atoms. The van der Waals surface area contributed by atoms with Crippen molar-refractivity contribution in [2.24, 2.45) is 0 Å². The van der Waals surface area contributed by atoms with Crippen LogP contribution in [0.4, 0.5) is 11.5 Å². The molecule has 0 aliphatic carbocycles. The van der Waals surface area contributed by atoms with E-state index in [0.717, 1.165) is 16.8 Å². The molecule has 0 bridgehead atoms.